The molecule has 0 amide bonds. The molecule has 98 valence electrons. The van der Waals surface area contributed by atoms with E-state index in [1.807, 2.05) is 13.8 Å². The third kappa shape index (κ3) is 2.71. The van der Waals surface area contributed by atoms with Crippen molar-refractivity contribution in [3.05, 3.63) is 0 Å². The van der Waals surface area contributed by atoms with Gasteiger partial charge in [0.25, 0.3) is 0 Å². The molecule has 3 heteroatoms. The maximum Gasteiger partial charge on any atom is 0.163 e. The zero-order valence-electron chi connectivity index (χ0n) is 11.3. The molecule has 1 aliphatic heterocycles. The summed E-state index contributed by atoms with van der Waals surface area (Å²) < 4.78 is 11.9. The number of ether oxygens (including phenoxy) is 2. The fourth-order valence-electron chi connectivity index (χ4n) is 3.10. The molecule has 2 atom stereocenters. The maximum absolute atomic E-state index is 11.6. The van der Waals surface area contributed by atoms with Crippen molar-refractivity contribution in [3.8, 4) is 0 Å². The molecule has 0 aromatic heterocycles. The van der Waals surface area contributed by atoms with Gasteiger partial charge in [0.15, 0.2) is 5.79 Å². The third-order valence-corrected chi connectivity index (χ3v) is 4.06. The van der Waals surface area contributed by atoms with Gasteiger partial charge in [0.05, 0.1) is 12.2 Å². The summed E-state index contributed by atoms with van der Waals surface area (Å²) in [6, 6.07) is 0. The predicted octanol–water partition coefficient (Wildman–Crippen LogP) is 3.07. The second kappa shape index (κ2) is 4.69. The lowest BCUT2D eigenvalue weighted by molar-refractivity contribution is -0.182. The Morgan fingerprint density at radius 2 is 2.18 bits per heavy atom. The Morgan fingerprint density at radius 1 is 1.41 bits per heavy atom. The Hall–Kier alpha value is -0.410. The molecule has 0 aromatic carbocycles. The molecular weight excluding hydrogens is 216 g/mol. The van der Waals surface area contributed by atoms with Gasteiger partial charge in [-0.25, -0.2) is 0 Å². The highest BCUT2D eigenvalue weighted by Crippen LogP contribution is 2.45. The summed E-state index contributed by atoms with van der Waals surface area (Å²) in [4.78, 5) is 11.6. The van der Waals surface area contributed by atoms with E-state index < -0.39 is 5.79 Å². The van der Waals surface area contributed by atoms with Gasteiger partial charge in [-0.15, -0.1) is 0 Å². The van der Waals surface area contributed by atoms with Crippen molar-refractivity contribution >= 4 is 5.78 Å². The number of ketones is 1. The van der Waals surface area contributed by atoms with Crippen LogP contribution in [0.15, 0.2) is 0 Å². The fourth-order valence-corrected chi connectivity index (χ4v) is 3.10. The molecule has 1 spiro atoms. The second-order valence-corrected chi connectivity index (χ2v) is 5.94. The van der Waals surface area contributed by atoms with Gasteiger partial charge in [0, 0.05) is 12.8 Å². The standard InChI is InChI=1S/C14H24O3/c1-4-5-6-11-9-12(15)7-8-14(11)10-16-13(2,3)17-14/h11H,4-10H2,1-3H3/t11-,14+/m1/s1. The molecule has 1 heterocycles. The first-order valence-electron chi connectivity index (χ1n) is 6.83. The molecular formula is C14H24O3. The maximum atomic E-state index is 11.6. The Bertz CT molecular complexity index is 298. The number of rotatable bonds is 3. The molecule has 1 saturated carbocycles. The van der Waals surface area contributed by atoms with Crippen molar-refractivity contribution < 1.29 is 14.3 Å². The molecule has 1 saturated heterocycles. The first kappa shape index (κ1) is 13.0. The van der Waals surface area contributed by atoms with E-state index in [9.17, 15) is 4.79 Å². The first-order chi connectivity index (χ1) is 7.97. The Morgan fingerprint density at radius 3 is 2.76 bits per heavy atom. The normalized spacial score (nSPS) is 36.6. The molecule has 2 rings (SSSR count). The highest BCUT2D eigenvalue weighted by atomic mass is 16.8. The molecule has 3 nitrogen and oxygen atoms in total. The van der Waals surface area contributed by atoms with E-state index in [2.05, 4.69) is 6.92 Å². The molecule has 2 fully saturated rings. The number of carbonyl (C=O) groups excluding carboxylic acids is 1. The Labute approximate surface area is 104 Å². The van der Waals surface area contributed by atoms with Gasteiger partial charge in [-0.05, 0) is 32.6 Å². The average molecular weight is 240 g/mol. The van der Waals surface area contributed by atoms with Gasteiger partial charge in [-0.1, -0.05) is 19.8 Å². The topological polar surface area (TPSA) is 35.5 Å². The summed E-state index contributed by atoms with van der Waals surface area (Å²) in [5.41, 5.74) is -0.188. The molecule has 0 bridgehead atoms. The molecule has 1 aliphatic carbocycles. The zero-order chi connectivity index (χ0) is 12.5. The van der Waals surface area contributed by atoms with Crippen molar-refractivity contribution in [1.29, 1.82) is 0 Å². The van der Waals surface area contributed by atoms with Crippen LogP contribution < -0.4 is 0 Å². The number of unbranched alkanes of at least 4 members (excludes halogenated alkanes) is 1. The quantitative estimate of drug-likeness (QED) is 0.760. The van der Waals surface area contributed by atoms with E-state index in [0.29, 0.717) is 31.1 Å². The Kier molecular flexibility index (Phi) is 3.60. The van der Waals surface area contributed by atoms with Gasteiger partial charge >= 0.3 is 0 Å². The van der Waals surface area contributed by atoms with Crippen molar-refractivity contribution in [2.24, 2.45) is 5.92 Å². The molecule has 2 aliphatic rings. The summed E-state index contributed by atoms with van der Waals surface area (Å²) in [7, 11) is 0. The smallest absolute Gasteiger partial charge is 0.163 e. The third-order valence-electron chi connectivity index (χ3n) is 4.06. The molecule has 0 unspecified atom stereocenters. The zero-order valence-corrected chi connectivity index (χ0v) is 11.3. The molecule has 17 heavy (non-hydrogen) atoms. The summed E-state index contributed by atoms with van der Waals surface area (Å²) in [6.45, 7) is 6.78. The van der Waals surface area contributed by atoms with Gasteiger partial charge in [-0.3, -0.25) is 4.79 Å². The number of hydrogen-bond acceptors (Lipinski definition) is 3. The van der Waals surface area contributed by atoms with E-state index in [1.54, 1.807) is 0 Å². The summed E-state index contributed by atoms with van der Waals surface area (Å²) in [6.07, 6.45) is 5.60. The van der Waals surface area contributed by atoms with E-state index in [0.717, 1.165) is 12.8 Å². The van der Waals surface area contributed by atoms with Crippen LogP contribution in [0.5, 0.6) is 0 Å². The minimum Gasteiger partial charge on any atom is -0.347 e. The van der Waals surface area contributed by atoms with Crippen LogP contribution in [-0.4, -0.2) is 23.8 Å². The van der Waals surface area contributed by atoms with Crippen molar-refractivity contribution in [3.63, 3.8) is 0 Å². The van der Waals surface area contributed by atoms with Crippen LogP contribution in [-0.2, 0) is 14.3 Å². The Balaban J connectivity index is 2.10. The lowest BCUT2D eigenvalue weighted by Crippen LogP contribution is -2.46. The van der Waals surface area contributed by atoms with E-state index in [4.69, 9.17) is 9.47 Å². The SMILES string of the molecule is CCCC[C@@H]1CC(=O)CC[C@]12COC(C)(C)O2. The van der Waals surface area contributed by atoms with Gasteiger partial charge in [0.1, 0.15) is 5.78 Å². The van der Waals surface area contributed by atoms with E-state index in [1.165, 1.54) is 12.8 Å². The van der Waals surface area contributed by atoms with Crippen LogP contribution in [0.3, 0.4) is 0 Å². The van der Waals surface area contributed by atoms with Crippen LogP contribution >= 0.6 is 0 Å². The molecule has 0 radical (unpaired) electrons. The largest absolute Gasteiger partial charge is 0.347 e. The van der Waals surface area contributed by atoms with Gasteiger partial charge in [0.2, 0.25) is 0 Å². The summed E-state index contributed by atoms with van der Waals surface area (Å²) in [5, 5.41) is 0. The van der Waals surface area contributed by atoms with Crippen molar-refractivity contribution in [1.82, 2.24) is 0 Å². The second-order valence-electron chi connectivity index (χ2n) is 5.94. The predicted molar refractivity (Wildman–Crippen MR) is 65.7 cm³/mol. The van der Waals surface area contributed by atoms with Crippen LogP contribution in [0.1, 0.15) is 59.3 Å². The molecule has 0 N–H and O–H groups in total. The number of Topliss-reactive ketones (excluding diaryl/α,β-unsaturated/α-hetero) is 1. The summed E-state index contributed by atoms with van der Waals surface area (Å²) >= 11 is 0. The van der Waals surface area contributed by atoms with Crippen LogP contribution in [0.25, 0.3) is 0 Å². The van der Waals surface area contributed by atoms with Gasteiger partial charge in [-0.2, -0.15) is 0 Å². The minimum absolute atomic E-state index is 0.188. The van der Waals surface area contributed by atoms with E-state index in [-0.39, 0.29) is 5.60 Å². The van der Waals surface area contributed by atoms with Crippen LogP contribution in [0.2, 0.25) is 0 Å². The fraction of sp³-hybridized carbons (Fsp3) is 0.929. The average Bonchev–Trinajstić information content (AvgIpc) is 2.57. The van der Waals surface area contributed by atoms with Crippen LogP contribution in [0.4, 0.5) is 0 Å². The van der Waals surface area contributed by atoms with Crippen molar-refractivity contribution in [2.75, 3.05) is 6.61 Å². The minimum atomic E-state index is -0.481. The first-order valence-corrected chi connectivity index (χ1v) is 6.83. The highest BCUT2D eigenvalue weighted by molar-refractivity contribution is 5.79. The number of hydrogen-bond donors (Lipinski definition) is 0. The lowest BCUT2D eigenvalue weighted by Gasteiger charge is -2.40. The van der Waals surface area contributed by atoms with E-state index >= 15 is 0 Å². The lowest BCUT2D eigenvalue weighted by atomic mass is 9.73. The molecule has 0 aromatic rings. The summed E-state index contributed by atoms with van der Waals surface area (Å²) in [5.74, 6) is 0.265. The van der Waals surface area contributed by atoms with Crippen molar-refractivity contribution in [2.45, 2.75) is 70.7 Å². The van der Waals surface area contributed by atoms with Crippen LogP contribution in [0, 0.1) is 5.92 Å². The number of carbonyl (C=O) groups is 1. The monoisotopic (exact) mass is 240 g/mol. The highest BCUT2D eigenvalue weighted by Gasteiger charge is 2.52. The van der Waals surface area contributed by atoms with Gasteiger partial charge < -0.3 is 9.47 Å².